The molecule has 6 heteroatoms. The first-order chi connectivity index (χ1) is 8.65. The molecule has 0 aliphatic rings. The van der Waals surface area contributed by atoms with Gasteiger partial charge in [-0.3, -0.25) is 0 Å². The molecule has 0 aliphatic carbocycles. The lowest BCUT2D eigenvalue weighted by molar-refractivity contribution is 0.405. The van der Waals surface area contributed by atoms with Crippen LogP contribution in [0.15, 0.2) is 22.7 Å². The highest BCUT2D eigenvalue weighted by molar-refractivity contribution is 5.64. The van der Waals surface area contributed by atoms with Gasteiger partial charge in [-0.05, 0) is 24.2 Å². The van der Waals surface area contributed by atoms with Gasteiger partial charge in [0, 0.05) is 19.7 Å². The molecule has 1 aromatic carbocycles. The van der Waals surface area contributed by atoms with Crippen LogP contribution in [0.1, 0.15) is 6.92 Å². The minimum atomic E-state index is 0.0451. The maximum Gasteiger partial charge on any atom is 0.266 e. The molecule has 0 spiro atoms. The molecule has 0 bridgehead atoms. The molecule has 0 amide bonds. The van der Waals surface area contributed by atoms with Crippen molar-refractivity contribution in [3.05, 3.63) is 18.2 Å². The van der Waals surface area contributed by atoms with Crippen LogP contribution >= 0.6 is 0 Å². The minimum absolute atomic E-state index is 0.0451. The molecule has 1 aromatic heterocycles. The molecular formula is C12H15N3O3. The van der Waals surface area contributed by atoms with Gasteiger partial charge in [0.1, 0.15) is 11.5 Å². The van der Waals surface area contributed by atoms with Crippen LogP contribution in [0.3, 0.4) is 0 Å². The molecule has 1 N–H and O–H groups in total. The normalized spacial score (nSPS) is 10.4. The molecule has 6 nitrogen and oxygen atoms in total. The lowest BCUT2D eigenvalue weighted by Crippen LogP contribution is -2.16. The zero-order valence-corrected chi connectivity index (χ0v) is 10.5. The fraction of sp³-hybridized carbons (Fsp3) is 0.333. The van der Waals surface area contributed by atoms with Gasteiger partial charge in [-0.15, -0.1) is 0 Å². The third-order valence-electron chi connectivity index (χ3n) is 2.67. The van der Waals surface area contributed by atoms with E-state index >= 15 is 0 Å². The lowest BCUT2D eigenvalue weighted by Gasteiger charge is -2.08. The number of anilines is 1. The number of aromatic hydroxyl groups is 1. The quantitative estimate of drug-likeness (QED) is 0.892. The summed E-state index contributed by atoms with van der Waals surface area (Å²) in [7, 11) is 3.40. The number of phenols is 1. The van der Waals surface area contributed by atoms with Gasteiger partial charge >= 0.3 is 0 Å². The SMILES string of the molecule is CCN(C)c1noc(-c2ccc(OC)cc2O)n1. The molecule has 0 aliphatic heterocycles. The number of aromatic nitrogens is 2. The summed E-state index contributed by atoms with van der Waals surface area (Å²) < 4.78 is 10.1. The Morgan fingerprint density at radius 2 is 2.22 bits per heavy atom. The lowest BCUT2D eigenvalue weighted by atomic mass is 10.2. The van der Waals surface area contributed by atoms with Crippen molar-refractivity contribution in [1.82, 2.24) is 10.1 Å². The van der Waals surface area contributed by atoms with E-state index in [0.29, 0.717) is 17.3 Å². The Hall–Kier alpha value is -2.24. The van der Waals surface area contributed by atoms with Crippen LogP contribution in [0.4, 0.5) is 5.95 Å². The maximum absolute atomic E-state index is 9.86. The van der Waals surface area contributed by atoms with Crippen molar-refractivity contribution < 1.29 is 14.4 Å². The van der Waals surface area contributed by atoms with E-state index in [-0.39, 0.29) is 11.6 Å². The van der Waals surface area contributed by atoms with Crippen LogP contribution in [0.5, 0.6) is 11.5 Å². The average Bonchev–Trinajstić information content (AvgIpc) is 2.87. The minimum Gasteiger partial charge on any atom is -0.507 e. The molecule has 0 unspecified atom stereocenters. The fourth-order valence-corrected chi connectivity index (χ4v) is 1.44. The van der Waals surface area contributed by atoms with Gasteiger partial charge in [-0.25, -0.2) is 0 Å². The Morgan fingerprint density at radius 3 is 2.83 bits per heavy atom. The third kappa shape index (κ3) is 2.22. The van der Waals surface area contributed by atoms with Crippen molar-refractivity contribution in [2.24, 2.45) is 0 Å². The van der Waals surface area contributed by atoms with Gasteiger partial charge in [0.05, 0.1) is 12.7 Å². The number of rotatable bonds is 4. The number of hydrogen-bond acceptors (Lipinski definition) is 6. The Kier molecular flexibility index (Phi) is 3.36. The molecule has 2 rings (SSSR count). The van der Waals surface area contributed by atoms with E-state index in [1.165, 1.54) is 13.2 Å². The Morgan fingerprint density at radius 1 is 1.44 bits per heavy atom. The van der Waals surface area contributed by atoms with Crippen molar-refractivity contribution >= 4 is 5.95 Å². The van der Waals surface area contributed by atoms with Crippen molar-refractivity contribution in [3.63, 3.8) is 0 Å². The highest BCUT2D eigenvalue weighted by Gasteiger charge is 2.15. The van der Waals surface area contributed by atoms with Crippen molar-refractivity contribution in [1.29, 1.82) is 0 Å². The molecule has 2 aromatic rings. The largest absolute Gasteiger partial charge is 0.507 e. The number of methoxy groups -OCH3 is 1. The van der Waals surface area contributed by atoms with Crippen LogP contribution < -0.4 is 9.64 Å². The zero-order chi connectivity index (χ0) is 13.1. The van der Waals surface area contributed by atoms with Gasteiger partial charge < -0.3 is 19.3 Å². The number of nitrogens with zero attached hydrogens (tertiary/aromatic N) is 3. The third-order valence-corrected chi connectivity index (χ3v) is 2.67. The van der Waals surface area contributed by atoms with Crippen LogP contribution in [-0.4, -0.2) is 35.9 Å². The van der Waals surface area contributed by atoms with Gasteiger partial charge in [0.2, 0.25) is 0 Å². The van der Waals surface area contributed by atoms with Gasteiger partial charge in [0.15, 0.2) is 0 Å². The monoisotopic (exact) mass is 249 g/mol. The maximum atomic E-state index is 9.86. The summed E-state index contributed by atoms with van der Waals surface area (Å²) in [5.41, 5.74) is 0.485. The first-order valence-corrected chi connectivity index (χ1v) is 5.58. The second-order valence-electron chi connectivity index (χ2n) is 3.80. The van der Waals surface area contributed by atoms with Crippen LogP contribution in [-0.2, 0) is 0 Å². The predicted molar refractivity (Wildman–Crippen MR) is 66.9 cm³/mol. The fourth-order valence-electron chi connectivity index (χ4n) is 1.44. The summed E-state index contributed by atoms with van der Waals surface area (Å²) in [6.07, 6.45) is 0. The average molecular weight is 249 g/mol. The zero-order valence-electron chi connectivity index (χ0n) is 10.5. The molecule has 0 saturated heterocycles. The molecule has 1 heterocycles. The smallest absolute Gasteiger partial charge is 0.266 e. The number of phenolic OH excluding ortho intramolecular Hbond substituents is 1. The summed E-state index contributed by atoms with van der Waals surface area (Å²) in [5.74, 6) is 1.39. The molecular weight excluding hydrogens is 234 g/mol. The van der Waals surface area contributed by atoms with Crippen molar-refractivity contribution in [2.75, 3.05) is 25.6 Å². The molecule has 0 fully saturated rings. The Balaban J connectivity index is 2.34. The Labute approximate surface area is 105 Å². The standard InChI is InChI=1S/C12H15N3O3/c1-4-15(2)12-13-11(18-14-12)9-6-5-8(17-3)7-10(9)16/h5-7,16H,4H2,1-3H3. The summed E-state index contributed by atoms with van der Waals surface area (Å²) in [4.78, 5) is 6.06. The van der Waals surface area contributed by atoms with Crippen LogP contribution in [0.25, 0.3) is 11.5 Å². The van der Waals surface area contributed by atoms with Gasteiger partial charge in [-0.1, -0.05) is 0 Å². The molecule has 18 heavy (non-hydrogen) atoms. The van der Waals surface area contributed by atoms with E-state index in [1.54, 1.807) is 12.1 Å². The highest BCUT2D eigenvalue weighted by Crippen LogP contribution is 2.31. The second-order valence-corrected chi connectivity index (χ2v) is 3.80. The van der Waals surface area contributed by atoms with Crippen molar-refractivity contribution in [3.8, 4) is 23.0 Å². The first kappa shape index (κ1) is 12.2. The Bertz CT molecular complexity index is 539. The number of ether oxygens (including phenoxy) is 1. The summed E-state index contributed by atoms with van der Waals surface area (Å²) in [6, 6.07) is 4.91. The molecule has 0 saturated carbocycles. The number of benzene rings is 1. The molecule has 96 valence electrons. The summed E-state index contributed by atoms with van der Waals surface area (Å²) in [6.45, 7) is 2.76. The van der Waals surface area contributed by atoms with E-state index in [0.717, 1.165) is 6.54 Å². The van der Waals surface area contributed by atoms with Gasteiger partial charge in [-0.2, -0.15) is 4.98 Å². The van der Waals surface area contributed by atoms with E-state index in [1.807, 2.05) is 18.9 Å². The second kappa shape index (κ2) is 4.95. The van der Waals surface area contributed by atoms with Crippen molar-refractivity contribution in [2.45, 2.75) is 6.92 Å². The topological polar surface area (TPSA) is 71.6 Å². The van der Waals surface area contributed by atoms with E-state index in [2.05, 4.69) is 10.1 Å². The van der Waals surface area contributed by atoms with E-state index in [9.17, 15) is 5.11 Å². The van der Waals surface area contributed by atoms with Crippen LogP contribution in [0.2, 0.25) is 0 Å². The van der Waals surface area contributed by atoms with E-state index < -0.39 is 0 Å². The van der Waals surface area contributed by atoms with Gasteiger partial charge in [0.25, 0.3) is 11.8 Å². The molecule has 0 atom stereocenters. The van der Waals surface area contributed by atoms with Crippen LogP contribution in [0, 0.1) is 0 Å². The van der Waals surface area contributed by atoms with E-state index in [4.69, 9.17) is 9.26 Å². The first-order valence-electron chi connectivity index (χ1n) is 5.58. The highest BCUT2D eigenvalue weighted by atomic mass is 16.5. The summed E-state index contributed by atoms with van der Waals surface area (Å²) >= 11 is 0. The molecule has 0 radical (unpaired) electrons. The predicted octanol–water partition coefficient (Wildman–Crippen LogP) is 1.91. The summed E-state index contributed by atoms with van der Waals surface area (Å²) in [5, 5.41) is 13.7. The number of hydrogen-bond donors (Lipinski definition) is 1.